The molecule has 2 amide bonds. The zero-order chi connectivity index (χ0) is 18.6. The van der Waals surface area contributed by atoms with Crippen LogP contribution in [0.2, 0.25) is 0 Å². The van der Waals surface area contributed by atoms with E-state index in [1.165, 1.54) is 4.90 Å². The van der Waals surface area contributed by atoms with Gasteiger partial charge in [-0.3, -0.25) is 14.5 Å². The summed E-state index contributed by atoms with van der Waals surface area (Å²) in [6.45, 7) is 0.289. The van der Waals surface area contributed by atoms with E-state index >= 15 is 0 Å². The average molecular weight is 360 g/mol. The molecule has 5 nitrogen and oxygen atoms in total. The first-order valence-electron chi connectivity index (χ1n) is 9.03. The normalized spacial score (nSPS) is 14.4. The Hall–Kier alpha value is -3.34. The lowest BCUT2D eigenvalue weighted by molar-refractivity contribution is -0.148. The summed E-state index contributed by atoms with van der Waals surface area (Å²) >= 11 is 0. The number of carbonyl (C=O) groups is 2. The lowest BCUT2D eigenvalue weighted by atomic mass is 10.0. The van der Waals surface area contributed by atoms with Crippen LogP contribution >= 0.6 is 0 Å². The fourth-order valence-corrected chi connectivity index (χ4v) is 3.25. The van der Waals surface area contributed by atoms with E-state index < -0.39 is 0 Å². The quantitative estimate of drug-likeness (QED) is 0.681. The molecule has 3 aromatic rings. The van der Waals surface area contributed by atoms with Crippen LogP contribution in [0.15, 0.2) is 66.9 Å². The van der Waals surface area contributed by atoms with Crippen molar-refractivity contribution in [2.24, 2.45) is 0 Å². The SMILES string of the molecule is O=C1CCCC(=O)N1Cc1ccc(Oc2ccccc2)c(-c2ccc[nH]2)c1. The van der Waals surface area contributed by atoms with Gasteiger partial charge in [0.15, 0.2) is 0 Å². The van der Waals surface area contributed by atoms with Crippen molar-refractivity contribution in [3.63, 3.8) is 0 Å². The molecule has 1 saturated heterocycles. The van der Waals surface area contributed by atoms with Gasteiger partial charge < -0.3 is 9.72 Å². The molecule has 27 heavy (non-hydrogen) atoms. The Labute approximate surface area is 157 Å². The van der Waals surface area contributed by atoms with Gasteiger partial charge in [-0.2, -0.15) is 0 Å². The lowest BCUT2D eigenvalue weighted by Gasteiger charge is -2.25. The first-order chi connectivity index (χ1) is 13.2. The predicted molar refractivity (Wildman–Crippen MR) is 102 cm³/mol. The monoisotopic (exact) mass is 360 g/mol. The zero-order valence-electron chi connectivity index (χ0n) is 14.9. The van der Waals surface area contributed by atoms with Crippen LogP contribution in [0.3, 0.4) is 0 Å². The topological polar surface area (TPSA) is 62.4 Å². The molecule has 1 N–H and O–H groups in total. The molecule has 5 heteroatoms. The standard InChI is InChI=1S/C22H20N2O3/c25-21-9-4-10-22(26)24(21)15-16-11-12-20(27-17-6-2-1-3-7-17)18(14-16)19-8-5-13-23-19/h1-3,5-8,11-14,23H,4,9-10,15H2. The van der Waals surface area contributed by atoms with E-state index in [1.807, 2.05) is 66.9 Å². The maximum Gasteiger partial charge on any atom is 0.229 e. The van der Waals surface area contributed by atoms with E-state index in [0.717, 1.165) is 22.6 Å². The number of aromatic nitrogens is 1. The number of hydrogen-bond donors (Lipinski definition) is 1. The Balaban J connectivity index is 1.66. The minimum Gasteiger partial charge on any atom is -0.457 e. The molecule has 1 fully saturated rings. The second-order valence-electron chi connectivity index (χ2n) is 6.56. The number of hydrogen-bond acceptors (Lipinski definition) is 3. The number of piperidine rings is 1. The number of aromatic amines is 1. The number of rotatable bonds is 5. The Kier molecular flexibility index (Phi) is 4.75. The molecular weight excluding hydrogens is 340 g/mol. The van der Waals surface area contributed by atoms with Gasteiger partial charge in [0.05, 0.1) is 6.54 Å². The first kappa shape index (κ1) is 17.1. The number of likely N-dealkylation sites (tertiary alicyclic amines) is 1. The fourth-order valence-electron chi connectivity index (χ4n) is 3.25. The minimum absolute atomic E-state index is 0.0997. The average Bonchev–Trinajstić information content (AvgIpc) is 3.21. The highest BCUT2D eigenvalue weighted by Gasteiger charge is 2.26. The summed E-state index contributed by atoms with van der Waals surface area (Å²) in [6.07, 6.45) is 3.37. The zero-order valence-corrected chi connectivity index (χ0v) is 14.9. The largest absolute Gasteiger partial charge is 0.457 e. The van der Waals surface area contributed by atoms with Gasteiger partial charge in [-0.1, -0.05) is 24.3 Å². The van der Waals surface area contributed by atoms with E-state index in [4.69, 9.17) is 4.74 Å². The van der Waals surface area contributed by atoms with Crippen LogP contribution in [0.4, 0.5) is 0 Å². The van der Waals surface area contributed by atoms with E-state index in [2.05, 4.69) is 4.98 Å². The highest BCUT2D eigenvalue weighted by atomic mass is 16.5. The number of ether oxygens (including phenoxy) is 1. The van der Waals surface area contributed by atoms with Crippen LogP contribution in [-0.4, -0.2) is 21.7 Å². The molecule has 0 aliphatic carbocycles. The summed E-state index contributed by atoms with van der Waals surface area (Å²) in [5, 5.41) is 0. The van der Waals surface area contributed by atoms with Crippen molar-refractivity contribution in [2.75, 3.05) is 0 Å². The van der Waals surface area contributed by atoms with Gasteiger partial charge in [0, 0.05) is 30.3 Å². The predicted octanol–water partition coefficient (Wildman–Crippen LogP) is 4.51. The van der Waals surface area contributed by atoms with Gasteiger partial charge in [-0.05, 0) is 48.4 Å². The number of nitrogens with zero attached hydrogens (tertiary/aromatic N) is 1. The number of benzene rings is 2. The molecule has 4 rings (SSSR count). The second-order valence-corrected chi connectivity index (χ2v) is 6.56. The summed E-state index contributed by atoms with van der Waals surface area (Å²) in [6, 6.07) is 19.2. The second kappa shape index (κ2) is 7.50. The lowest BCUT2D eigenvalue weighted by Crippen LogP contribution is -2.39. The van der Waals surface area contributed by atoms with E-state index in [-0.39, 0.29) is 18.4 Å². The summed E-state index contributed by atoms with van der Waals surface area (Å²) in [4.78, 5) is 28.8. The molecule has 0 spiro atoms. The maximum absolute atomic E-state index is 12.1. The fraction of sp³-hybridized carbons (Fsp3) is 0.182. The molecule has 1 aromatic heterocycles. The molecular formula is C22H20N2O3. The van der Waals surface area contributed by atoms with Crippen molar-refractivity contribution >= 4 is 11.8 Å². The Morgan fingerprint density at radius 1 is 0.926 bits per heavy atom. The number of carbonyl (C=O) groups excluding carboxylic acids is 2. The van der Waals surface area contributed by atoms with Gasteiger partial charge in [0.25, 0.3) is 0 Å². The van der Waals surface area contributed by atoms with E-state index in [9.17, 15) is 9.59 Å². The van der Waals surface area contributed by atoms with Crippen LogP contribution in [0, 0.1) is 0 Å². The third-order valence-corrected chi connectivity index (χ3v) is 4.63. The van der Waals surface area contributed by atoms with Crippen molar-refractivity contribution in [3.8, 4) is 22.8 Å². The first-order valence-corrected chi connectivity index (χ1v) is 9.03. The highest BCUT2D eigenvalue weighted by molar-refractivity contribution is 5.97. The Bertz CT molecular complexity index is 933. The molecule has 0 unspecified atom stereocenters. The van der Waals surface area contributed by atoms with Crippen molar-refractivity contribution < 1.29 is 14.3 Å². The summed E-state index contributed by atoms with van der Waals surface area (Å²) in [5.41, 5.74) is 2.70. The third kappa shape index (κ3) is 3.77. The van der Waals surface area contributed by atoms with Gasteiger partial charge in [0.2, 0.25) is 11.8 Å². The van der Waals surface area contributed by atoms with Crippen molar-refractivity contribution in [3.05, 3.63) is 72.4 Å². The van der Waals surface area contributed by atoms with Gasteiger partial charge in [0.1, 0.15) is 11.5 Å². The molecule has 0 radical (unpaired) electrons. The smallest absolute Gasteiger partial charge is 0.229 e. The molecule has 2 aromatic carbocycles. The Morgan fingerprint density at radius 2 is 1.70 bits per heavy atom. The highest BCUT2D eigenvalue weighted by Crippen LogP contribution is 2.34. The number of nitrogens with one attached hydrogen (secondary N) is 1. The van der Waals surface area contributed by atoms with E-state index in [1.54, 1.807) is 0 Å². The van der Waals surface area contributed by atoms with Crippen LogP contribution in [0.25, 0.3) is 11.3 Å². The molecule has 1 aliphatic heterocycles. The molecule has 136 valence electrons. The van der Waals surface area contributed by atoms with Crippen molar-refractivity contribution in [2.45, 2.75) is 25.8 Å². The van der Waals surface area contributed by atoms with Crippen LogP contribution in [-0.2, 0) is 16.1 Å². The molecule has 2 heterocycles. The van der Waals surface area contributed by atoms with Gasteiger partial charge in [-0.15, -0.1) is 0 Å². The van der Waals surface area contributed by atoms with Gasteiger partial charge >= 0.3 is 0 Å². The number of para-hydroxylation sites is 1. The summed E-state index contributed by atoms with van der Waals surface area (Å²) < 4.78 is 6.05. The van der Waals surface area contributed by atoms with E-state index in [0.29, 0.717) is 25.0 Å². The number of H-pyrrole nitrogens is 1. The molecule has 0 bridgehead atoms. The number of amides is 2. The summed E-state index contributed by atoms with van der Waals surface area (Å²) in [7, 11) is 0. The van der Waals surface area contributed by atoms with Crippen LogP contribution in [0.5, 0.6) is 11.5 Å². The van der Waals surface area contributed by atoms with Crippen LogP contribution < -0.4 is 4.74 Å². The third-order valence-electron chi connectivity index (χ3n) is 4.63. The molecule has 0 atom stereocenters. The van der Waals surface area contributed by atoms with Crippen molar-refractivity contribution in [1.29, 1.82) is 0 Å². The maximum atomic E-state index is 12.1. The van der Waals surface area contributed by atoms with Gasteiger partial charge in [-0.25, -0.2) is 0 Å². The molecule has 1 aliphatic rings. The number of imide groups is 1. The van der Waals surface area contributed by atoms with Crippen LogP contribution in [0.1, 0.15) is 24.8 Å². The Morgan fingerprint density at radius 3 is 2.41 bits per heavy atom. The van der Waals surface area contributed by atoms with Crippen molar-refractivity contribution in [1.82, 2.24) is 9.88 Å². The minimum atomic E-state index is -0.0997. The summed E-state index contributed by atoms with van der Waals surface area (Å²) in [5.74, 6) is 1.26. The molecule has 0 saturated carbocycles.